The lowest BCUT2D eigenvalue weighted by molar-refractivity contribution is -0.122. The molecular weight excluding hydrogens is 292 g/mol. The number of fused-ring (bicyclic) bond motifs is 1. The molecule has 2 rings (SSSR count). The van der Waals surface area contributed by atoms with E-state index in [1.807, 2.05) is 13.8 Å². The SMILES string of the molecule is CC[C@H](C)NC(=O)Cn1ncc2c(c1=O)N(C)C(=O)CS2. The van der Waals surface area contributed by atoms with E-state index >= 15 is 0 Å². The lowest BCUT2D eigenvalue weighted by Crippen LogP contribution is -2.41. The van der Waals surface area contributed by atoms with E-state index in [4.69, 9.17) is 0 Å². The number of thioether (sulfide) groups is 1. The second-order valence-corrected chi connectivity index (χ2v) is 5.96. The maximum absolute atomic E-state index is 12.4. The first-order valence-electron chi connectivity index (χ1n) is 6.72. The van der Waals surface area contributed by atoms with E-state index in [9.17, 15) is 14.4 Å². The van der Waals surface area contributed by atoms with Crippen LogP contribution in [0, 0.1) is 0 Å². The van der Waals surface area contributed by atoms with Crippen molar-refractivity contribution in [3.8, 4) is 0 Å². The monoisotopic (exact) mass is 310 g/mol. The summed E-state index contributed by atoms with van der Waals surface area (Å²) in [6.45, 7) is 3.71. The average Bonchev–Trinajstić information content (AvgIpc) is 2.45. The normalized spacial score (nSPS) is 15.6. The van der Waals surface area contributed by atoms with Gasteiger partial charge in [-0.15, -0.1) is 11.8 Å². The second-order valence-electron chi connectivity index (χ2n) is 4.94. The van der Waals surface area contributed by atoms with Crippen LogP contribution < -0.4 is 15.8 Å². The predicted octanol–water partition coefficient (Wildman–Crippen LogP) is 0.226. The second kappa shape index (κ2) is 6.30. The first kappa shape index (κ1) is 15.6. The number of nitrogens with one attached hydrogen (secondary N) is 1. The van der Waals surface area contributed by atoms with Gasteiger partial charge in [0.1, 0.15) is 12.2 Å². The zero-order chi connectivity index (χ0) is 15.6. The highest BCUT2D eigenvalue weighted by Crippen LogP contribution is 2.30. The molecule has 7 nitrogen and oxygen atoms in total. The van der Waals surface area contributed by atoms with Crippen LogP contribution in [0.3, 0.4) is 0 Å². The Morgan fingerprint density at radius 2 is 2.24 bits per heavy atom. The van der Waals surface area contributed by atoms with Crippen molar-refractivity contribution < 1.29 is 9.59 Å². The molecule has 0 radical (unpaired) electrons. The number of rotatable bonds is 4. The molecule has 1 aliphatic rings. The van der Waals surface area contributed by atoms with Crippen molar-refractivity contribution in [1.82, 2.24) is 15.1 Å². The largest absolute Gasteiger partial charge is 0.352 e. The summed E-state index contributed by atoms with van der Waals surface area (Å²) >= 11 is 1.29. The summed E-state index contributed by atoms with van der Waals surface area (Å²) < 4.78 is 1.09. The zero-order valence-electron chi connectivity index (χ0n) is 12.3. The predicted molar refractivity (Wildman–Crippen MR) is 80.5 cm³/mol. The molecule has 114 valence electrons. The van der Waals surface area contributed by atoms with Crippen molar-refractivity contribution in [2.24, 2.45) is 0 Å². The van der Waals surface area contributed by atoms with E-state index in [0.717, 1.165) is 11.1 Å². The summed E-state index contributed by atoms with van der Waals surface area (Å²) in [6, 6.07) is 0.0469. The maximum Gasteiger partial charge on any atom is 0.292 e. The fourth-order valence-electron chi connectivity index (χ4n) is 1.91. The Morgan fingerprint density at radius 1 is 1.52 bits per heavy atom. The van der Waals surface area contributed by atoms with E-state index in [2.05, 4.69) is 10.4 Å². The van der Waals surface area contributed by atoms with Crippen molar-refractivity contribution in [1.29, 1.82) is 0 Å². The molecule has 1 N–H and O–H groups in total. The standard InChI is InChI=1S/C13H18N4O3S/c1-4-8(2)15-10(18)6-17-13(20)12-9(5-14-17)21-7-11(19)16(12)3/h5,8H,4,6-7H2,1-3H3,(H,15,18)/t8-/m0/s1. The maximum atomic E-state index is 12.4. The van der Waals surface area contributed by atoms with Crippen molar-refractivity contribution in [2.45, 2.75) is 37.8 Å². The van der Waals surface area contributed by atoms with Crippen LogP contribution >= 0.6 is 11.8 Å². The number of amides is 2. The molecule has 2 amide bonds. The van der Waals surface area contributed by atoms with Gasteiger partial charge in [0.25, 0.3) is 5.56 Å². The molecule has 21 heavy (non-hydrogen) atoms. The average molecular weight is 310 g/mol. The molecule has 2 heterocycles. The highest BCUT2D eigenvalue weighted by Gasteiger charge is 2.26. The van der Waals surface area contributed by atoms with Crippen LogP contribution in [0.5, 0.6) is 0 Å². The quantitative estimate of drug-likeness (QED) is 0.860. The highest BCUT2D eigenvalue weighted by atomic mass is 32.2. The highest BCUT2D eigenvalue weighted by molar-refractivity contribution is 8.00. The van der Waals surface area contributed by atoms with Gasteiger partial charge in [-0.1, -0.05) is 6.92 Å². The van der Waals surface area contributed by atoms with E-state index in [1.54, 1.807) is 7.05 Å². The van der Waals surface area contributed by atoms with Crippen molar-refractivity contribution >= 4 is 29.3 Å². The molecule has 1 atom stereocenters. The van der Waals surface area contributed by atoms with Gasteiger partial charge >= 0.3 is 0 Å². The summed E-state index contributed by atoms with van der Waals surface area (Å²) in [5.74, 6) is -0.105. The van der Waals surface area contributed by atoms with Gasteiger partial charge in [-0.3, -0.25) is 14.4 Å². The fraction of sp³-hybridized carbons (Fsp3) is 0.538. The number of nitrogens with zero attached hydrogens (tertiary/aromatic N) is 3. The number of anilines is 1. The molecule has 0 unspecified atom stereocenters. The van der Waals surface area contributed by atoms with Crippen LogP contribution in [0.4, 0.5) is 5.69 Å². The minimum atomic E-state index is -0.421. The molecule has 0 saturated heterocycles. The summed E-state index contributed by atoms with van der Waals surface area (Å²) in [7, 11) is 1.56. The van der Waals surface area contributed by atoms with Crippen LogP contribution in [0.15, 0.2) is 15.9 Å². The molecule has 0 spiro atoms. The molecule has 1 aliphatic heterocycles. The van der Waals surface area contributed by atoms with Crippen LogP contribution in [0.2, 0.25) is 0 Å². The topological polar surface area (TPSA) is 84.3 Å². The molecule has 8 heteroatoms. The van der Waals surface area contributed by atoms with E-state index in [0.29, 0.717) is 16.3 Å². The number of carbonyl (C=O) groups is 2. The van der Waals surface area contributed by atoms with Crippen molar-refractivity contribution in [2.75, 3.05) is 17.7 Å². The molecule has 0 fully saturated rings. The molecule has 0 aromatic carbocycles. The van der Waals surface area contributed by atoms with Crippen LogP contribution in [0.1, 0.15) is 20.3 Å². The van der Waals surface area contributed by atoms with E-state index < -0.39 is 5.56 Å². The van der Waals surface area contributed by atoms with Gasteiger partial charge in [0.15, 0.2) is 0 Å². The van der Waals surface area contributed by atoms with Gasteiger partial charge in [-0.25, -0.2) is 4.68 Å². The van der Waals surface area contributed by atoms with Crippen LogP contribution in [0.25, 0.3) is 0 Å². The first-order valence-corrected chi connectivity index (χ1v) is 7.71. The Kier molecular flexibility index (Phi) is 4.66. The first-order chi connectivity index (χ1) is 9.93. The van der Waals surface area contributed by atoms with E-state index in [1.165, 1.54) is 22.9 Å². The third-order valence-corrected chi connectivity index (χ3v) is 4.36. The van der Waals surface area contributed by atoms with Gasteiger partial charge in [0.2, 0.25) is 11.8 Å². The summed E-state index contributed by atoms with van der Waals surface area (Å²) in [5.41, 5.74) is -0.127. The molecular formula is C13H18N4O3S. The molecule has 0 saturated carbocycles. The molecule has 0 aliphatic carbocycles. The van der Waals surface area contributed by atoms with Gasteiger partial charge in [0, 0.05) is 13.1 Å². The van der Waals surface area contributed by atoms with Gasteiger partial charge in [-0.2, -0.15) is 5.10 Å². The minimum Gasteiger partial charge on any atom is -0.352 e. The van der Waals surface area contributed by atoms with Crippen molar-refractivity contribution in [3.63, 3.8) is 0 Å². The summed E-state index contributed by atoms with van der Waals surface area (Å²) in [6.07, 6.45) is 2.34. The fourth-order valence-corrected chi connectivity index (χ4v) is 2.87. The smallest absolute Gasteiger partial charge is 0.292 e. The minimum absolute atomic E-state index is 0.0469. The van der Waals surface area contributed by atoms with Crippen LogP contribution in [-0.2, 0) is 16.1 Å². The number of aromatic nitrogens is 2. The van der Waals surface area contributed by atoms with Crippen LogP contribution in [-0.4, -0.2) is 40.4 Å². The Labute approximate surface area is 126 Å². The Hall–Kier alpha value is -1.83. The Balaban J connectivity index is 2.25. The van der Waals surface area contributed by atoms with Crippen molar-refractivity contribution in [3.05, 3.63) is 16.6 Å². The number of hydrogen-bond donors (Lipinski definition) is 1. The zero-order valence-corrected chi connectivity index (χ0v) is 13.1. The summed E-state index contributed by atoms with van der Waals surface area (Å²) in [5, 5.41) is 6.79. The van der Waals surface area contributed by atoms with Gasteiger partial charge in [-0.05, 0) is 13.3 Å². The Morgan fingerprint density at radius 3 is 2.90 bits per heavy atom. The van der Waals surface area contributed by atoms with Gasteiger partial charge in [0.05, 0.1) is 16.8 Å². The summed E-state index contributed by atoms with van der Waals surface area (Å²) in [4.78, 5) is 37.9. The lowest BCUT2D eigenvalue weighted by Gasteiger charge is -2.24. The lowest BCUT2D eigenvalue weighted by atomic mass is 10.2. The number of hydrogen-bond acceptors (Lipinski definition) is 5. The van der Waals surface area contributed by atoms with E-state index in [-0.39, 0.29) is 24.4 Å². The molecule has 1 aromatic rings. The number of carbonyl (C=O) groups excluding carboxylic acids is 2. The Bertz CT molecular complexity index is 628. The van der Waals surface area contributed by atoms with Gasteiger partial charge < -0.3 is 10.2 Å². The third-order valence-electron chi connectivity index (χ3n) is 3.36. The third kappa shape index (κ3) is 3.26. The molecule has 1 aromatic heterocycles. The molecule has 0 bridgehead atoms.